The van der Waals surface area contributed by atoms with Gasteiger partial charge in [-0.25, -0.2) is 4.85 Å². The SMILES string of the molecule is [C-]#[N+]c1cccc2c3ccccc3n(-c3ccccc3-c3cc(C#N)cc(-c4ccc(-n5c6ccccc6c6ccccc65)cc4)c3)c12. The third kappa shape index (κ3) is 4.14. The van der Waals surface area contributed by atoms with Crippen LogP contribution in [0.3, 0.4) is 0 Å². The van der Waals surface area contributed by atoms with E-state index in [9.17, 15) is 5.26 Å². The van der Waals surface area contributed by atoms with Crippen molar-refractivity contribution in [2.45, 2.75) is 0 Å². The first-order valence-corrected chi connectivity index (χ1v) is 15.9. The molecule has 7 aromatic carbocycles. The molecular weight excluding hydrogens is 585 g/mol. The Hall–Kier alpha value is -6.88. The molecular formula is C44H26N4. The Kier molecular flexibility index (Phi) is 6.22. The molecule has 9 rings (SSSR count). The van der Waals surface area contributed by atoms with Crippen LogP contribution in [0.25, 0.3) is 82.1 Å². The minimum absolute atomic E-state index is 0.591. The second kappa shape index (κ2) is 10.9. The zero-order valence-corrected chi connectivity index (χ0v) is 25.8. The molecule has 0 saturated carbocycles. The summed E-state index contributed by atoms with van der Waals surface area (Å²) < 4.78 is 4.51. The van der Waals surface area contributed by atoms with E-state index in [4.69, 9.17) is 6.57 Å². The summed E-state index contributed by atoms with van der Waals surface area (Å²) in [5.74, 6) is 0. The van der Waals surface area contributed by atoms with Crippen molar-refractivity contribution in [3.05, 3.63) is 175 Å². The summed E-state index contributed by atoms with van der Waals surface area (Å²) in [7, 11) is 0. The monoisotopic (exact) mass is 610 g/mol. The second-order valence-corrected chi connectivity index (χ2v) is 12.0. The molecule has 0 bridgehead atoms. The molecule has 0 aliphatic rings. The van der Waals surface area contributed by atoms with Crippen LogP contribution in [0.15, 0.2) is 158 Å². The summed E-state index contributed by atoms with van der Waals surface area (Å²) in [5.41, 5.74) is 11.4. The first-order valence-electron chi connectivity index (χ1n) is 15.9. The highest BCUT2D eigenvalue weighted by Crippen LogP contribution is 2.41. The van der Waals surface area contributed by atoms with Crippen molar-refractivity contribution in [3.8, 4) is 39.7 Å². The predicted molar refractivity (Wildman–Crippen MR) is 197 cm³/mol. The summed E-state index contributed by atoms with van der Waals surface area (Å²) in [6, 6.07) is 56.6. The van der Waals surface area contributed by atoms with Gasteiger partial charge in [-0.05, 0) is 76.7 Å². The molecule has 0 aliphatic carbocycles. The van der Waals surface area contributed by atoms with E-state index in [-0.39, 0.29) is 0 Å². The van der Waals surface area contributed by atoms with Gasteiger partial charge in [-0.15, -0.1) is 0 Å². The third-order valence-electron chi connectivity index (χ3n) is 9.35. The van der Waals surface area contributed by atoms with Crippen molar-refractivity contribution < 1.29 is 0 Å². The summed E-state index contributed by atoms with van der Waals surface area (Å²) in [6.07, 6.45) is 0. The van der Waals surface area contributed by atoms with Gasteiger partial charge in [0.1, 0.15) is 0 Å². The van der Waals surface area contributed by atoms with Gasteiger partial charge in [0.25, 0.3) is 0 Å². The molecule has 0 unspecified atom stereocenters. The fourth-order valence-corrected chi connectivity index (χ4v) is 7.27. The minimum atomic E-state index is 0.591. The number of aromatic nitrogens is 2. The number of rotatable bonds is 4. The highest BCUT2D eigenvalue weighted by Gasteiger charge is 2.18. The number of para-hydroxylation sites is 5. The van der Waals surface area contributed by atoms with Gasteiger partial charge in [0, 0.05) is 27.4 Å². The molecule has 2 heterocycles. The van der Waals surface area contributed by atoms with Crippen LogP contribution in [0, 0.1) is 17.9 Å². The number of nitrogens with zero attached hydrogens (tertiary/aromatic N) is 4. The average Bonchev–Trinajstić information content (AvgIpc) is 3.68. The molecule has 0 aliphatic heterocycles. The molecule has 0 amide bonds. The van der Waals surface area contributed by atoms with Crippen LogP contribution in [0.5, 0.6) is 0 Å². The lowest BCUT2D eigenvalue weighted by molar-refractivity contribution is 1.18. The Morgan fingerprint density at radius 2 is 1.06 bits per heavy atom. The molecule has 0 saturated heterocycles. The zero-order chi connectivity index (χ0) is 32.2. The minimum Gasteiger partial charge on any atom is -0.318 e. The smallest absolute Gasteiger partial charge is 0.211 e. The van der Waals surface area contributed by atoms with Gasteiger partial charge in [-0.1, -0.05) is 103 Å². The van der Waals surface area contributed by atoms with Crippen LogP contribution >= 0.6 is 0 Å². The summed E-state index contributed by atoms with van der Waals surface area (Å²) in [5, 5.41) is 14.8. The number of benzene rings is 7. The van der Waals surface area contributed by atoms with Gasteiger partial charge in [0.15, 0.2) is 0 Å². The van der Waals surface area contributed by atoms with Crippen LogP contribution in [0.2, 0.25) is 0 Å². The van der Waals surface area contributed by atoms with Gasteiger partial charge in [0.05, 0.1) is 46.0 Å². The van der Waals surface area contributed by atoms with E-state index in [1.807, 2.05) is 48.5 Å². The van der Waals surface area contributed by atoms with Crippen molar-refractivity contribution in [3.63, 3.8) is 0 Å². The van der Waals surface area contributed by atoms with Gasteiger partial charge in [-0.3, -0.25) is 0 Å². The van der Waals surface area contributed by atoms with Crippen molar-refractivity contribution in [1.82, 2.24) is 9.13 Å². The number of hydrogen-bond acceptors (Lipinski definition) is 1. The molecule has 0 atom stereocenters. The molecule has 0 spiro atoms. The van der Waals surface area contributed by atoms with E-state index in [0.717, 1.165) is 55.4 Å². The highest BCUT2D eigenvalue weighted by atomic mass is 15.0. The predicted octanol–water partition coefficient (Wildman–Crippen LogP) is 11.6. The van der Waals surface area contributed by atoms with E-state index in [1.54, 1.807) is 0 Å². The fourth-order valence-electron chi connectivity index (χ4n) is 7.27. The molecule has 9 aromatic rings. The van der Waals surface area contributed by atoms with Crippen molar-refractivity contribution in [1.29, 1.82) is 5.26 Å². The molecule has 0 fully saturated rings. The molecule has 2 aromatic heterocycles. The Balaban J connectivity index is 1.20. The normalized spacial score (nSPS) is 11.3. The maximum atomic E-state index is 10.2. The molecule has 0 N–H and O–H groups in total. The average molecular weight is 611 g/mol. The zero-order valence-electron chi connectivity index (χ0n) is 25.8. The fraction of sp³-hybridized carbons (Fsp3) is 0. The van der Waals surface area contributed by atoms with Crippen molar-refractivity contribution >= 4 is 49.3 Å². The largest absolute Gasteiger partial charge is 0.318 e. The van der Waals surface area contributed by atoms with Crippen LogP contribution in [0.4, 0.5) is 5.69 Å². The Bertz CT molecular complexity index is 2750. The second-order valence-electron chi connectivity index (χ2n) is 12.0. The summed E-state index contributed by atoms with van der Waals surface area (Å²) >= 11 is 0. The van der Waals surface area contributed by atoms with Crippen LogP contribution in [-0.4, -0.2) is 9.13 Å². The van der Waals surface area contributed by atoms with E-state index in [0.29, 0.717) is 11.3 Å². The van der Waals surface area contributed by atoms with Gasteiger partial charge in [-0.2, -0.15) is 5.26 Å². The maximum absolute atomic E-state index is 10.2. The van der Waals surface area contributed by atoms with Crippen molar-refractivity contribution in [2.24, 2.45) is 0 Å². The first kappa shape index (κ1) is 27.4. The number of hydrogen-bond donors (Lipinski definition) is 0. The quantitative estimate of drug-likeness (QED) is 0.183. The summed E-state index contributed by atoms with van der Waals surface area (Å²) in [4.78, 5) is 3.91. The molecule has 0 radical (unpaired) electrons. The molecule has 222 valence electrons. The number of nitriles is 1. The Morgan fingerprint density at radius 3 is 1.73 bits per heavy atom. The van der Waals surface area contributed by atoms with E-state index in [1.165, 1.54) is 21.8 Å². The Labute approximate surface area is 277 Å². The third-order valence-corrected chi connectivity index (χ3v) is 9.35. The highest BCUT2D eigenvalue weighted by molar-refractivity contribution is 6.14. The molecule has 48 heavy (non-hydrogen) atoms. The standard InChI is InChI=1S/C44H26N4/c1-46-39-16-10-15-38-37-14-5-9-20-43(37)48(44(38)39)40-17-6-2-11-34(40)32-26-29(28-45)25-31(27-32)30-21-23-33(24-22-30)47-41-18-7-3-12-35(41)36-13-4-8-19-42(36)47/h2-27H. The van der Waals surface area contributed by atoms with E-state index < -0.39 is 0 Å². The van der Waals surface area contributed by atoms with Crippen LogP contribution in [-0.2, 0) is 0 Å². The Morgan fingerprint density at radius 1 is 0.500 bits per heavy atom. The number of fused-ring (bicyclic) bond motifs is 6. The summed E-state index contributed by atoms with van der Waals surface area (Å²) in [6.45, 7) is 7.97. The lowest BCUT2D eigenvalue weighted by Crippen LogP contribution is -1.98. The van der Waals surface area contributed by atoms with Gasteiger partial charge in [0.2, 0.25) is 5.69 Å². The first-order chi connectivity index (χ1) is 23.7. The van der Waals surface area contributed by atoms with Crippen LogP contribution in [0.1, 0.15) is 5.56 Å². The molecule has 4 nitrogen and oxygen atoms in total. The van der Waals surface area contributed by atoms with Gasteiger partial charge < -0.3 is 9.13 Å². The lowest BCUT2D eigenvalue weighted by atomic mass is 9.95. The maximum Gasteiger partial charge on any atom is 0.211 e. The molecule has 4 heteroatoms. The lowest BCUT2D eigenvalue weighted by Gasteiger charge is -2.16. The van der Waals surface area contributed by atoms with E-state index >= 15 is 0 Å². The van der Waals surface area contributed by atoms with Gasteiger partial charge >= 0.3 is 0 Å². The van der Waals surface area contributed by atoms with E-state index in [2.05, 4.69) is 129 Å². The van der Waals surface area contributed by atoms with Crippen molar-refractivity contribution in [2.75, 3.05) is 0 Å². The topological polar surface area (TPSA) is 38.0 Å². The van der Waals surface area contributed by atoms with Crippen LogP contribution < -0.4 is 0 Å².